The zero-order valence-corrected chi connectivity index (χ0v) is 27.8. The number of para-hydroxylation sites is 2. The Balaban J connectivity index is 1.40. The maximum Gasteiger partial charge on any atom is 0.238 e. The zero-order chi connectivity index (χ0) is 62.9. The Labute approximate surface area is 363 Å². The fourth-order valence-electron chi connectivity index (χ4n) is 6.95. The van der Waals surface area contributed by atoms with E-state index in [-0.39, 0.29) is 0 Å². The first-order valence-electron chi connectivity index (χ1n) is 31.5. The second kappa shape index (κ2) is 11.9. The van der Waals surface area contributed by atoms with Gasteiger partial charge >= 0.3 is 0 Å². The maximum atomic E-state index is 10.3. The first-order chi connectivity index (χ1) is 40.3. The Hall–Kier alpha value is -7.63. The summed E-state index contributed by atoms with van der Waals surface area (Å²) in [5, 5.41) is -5.88. The van der Waals surface area contributed by atoms with Gasteiger partial charge < -0.3 is 4.57 Å². The van der Waals surface area contributed by atoms with Gasteiger partial charge in [-0.3, -0.25) is 4.57 Å². The van der Waals surface area contributed by atoms with Crippen LogP contribution in [0.1, 0.15) is 41.1 Å². The summed E-state index contributed by atoms with van der Waals surface area (Å²) in [4.78, 5) is 13.3. The van der Waals surface area contributed by atoms with E-state index < -0.39 is 292 Å². The highest BCUT2D eigenvalue weighted by molar-refractivity contribution is 6.28. The van der Waals surface area contributed by atoms with Crippen molar-refractivity contribution in [1.29, 1.82) is 0 Å². The minimum absolute atomic E-state index is 0.510. The lowest BCUT2D eigenvalue weighted by Crippen LogP contribution is -2.06. The number of benzene rings is 9. The molecule has 0 fully saturated rings. The summed E-state index contributed by atoms with van der Waals surface area (Å²) in [6, 6.07) is -25.9. The summed E-state index contributed by atoms with van der Waals surface area (Å²) in [5.41, 5.74) is -4.95. The van der Waals surface area contributed by atoms with Gasteiger partial charge in [-0.15, -0.1) is 0 Å². The monoisotopic (exact) mass is 743 g/mol. The van der Waals surface area contributed by atoms with Gasteiger partial charge in [-0.25, -0.2) is 4.98 Å². The number of hydrogen-bond donors (Lipinski definition) is 0. The molecule has 0 saturated carbocycles. The van der Waals surface area contributed by atoms with E-state index in [2.05, 4.69) is 15.0 Å². The van der Waals surface area contributed by atoms with Crippen LogP contribution in [0.25, 0.3) is 110 Å². The van der Waals surface area contributed by atoms with Crippen LogP contribution in [0.2, 0.25) is 0 Å². The lowest BCUT2D eigenvalue weighted by Gasteiger charge is -2.14. The summed E-state index contributed by atoms with van der Waals surface area (Å²) in [6.45, 7) is 0. The summed E-state index contributed by atoms with van der Waals surface area (Å²) in [6.07, 6.45) is 0. The fraction of sp³-hybridized carbons (Fsp3) is 0. The minimum atomic E-state index is -1.06. The molecule has 0 N–H and O–H groups in total. The number of rotatable bonds is 4. The topological polar surface area (TPSA) is 48.5 Å². The first-order valence-corrected chi connectivity index (χ1v) is 16.5. The highest BCUT2D eigenvalue weighted by Gasteiger charge is 2.23. The van der Waals surface area contributed by atoms with Gasteiger partial charge in [0.25, 0.3) is 0 Å². The predicted octanol–water partition coefficient (Wildman–Crippen LogP) is 12.9. The molecule has 9 aromatic carbocycles. The van der Waals surface area contributed by atoms with E-state index in [1.54, 1.807) is 0 Å². The summed E-state index contributed by atoms with van der Waals surface area (Å²) in [7, 11) is 0. The van der Waals surface area contributed by atoms with Gasteiger partial charge in [-0.1, -0.05) is 157 Å². The molecule has 0 aliphatic heterocycles. The molecule has 0 aliphatic rings. The Morgan fingerprint density at radius 3 is 1.57 bits per heavy atom. The number of nitrogens with zero attached hydrogens (tertiary/aromatic N) is 5. The van der Waals surface area contributed by atoms with Gasteiger partial charge in [0.05, 0.1) is 63.2 Å². The normalized spacial score (nSPS) is 19.4. The van der Waals surface area contributed by atoms with Crippen molar-refractivity contribution >= 4 is 75.9 Å². The van der Waals surface area contributed by atoms with Gasteiger partial charge in [0, 0.05) is 38.4 Å². The third kappa shape index (κ3) is 4.46. The molecule has 0 saturated heterocycles. The lowest BCUT2D eigenvalue weighted by molar-refractivity contribution is 0.953. The van der Waals surface area contributed by atoms with E-state index in [1.807, 2.05) is 0 Å². The molecule has 3 heterocycles. The van der Waals surface area contributed by atoms with Crippen LogP contribution in [-0.4, -0.2) is 24.1 Å². The molecular weight excluding hydrogens is 683 g/mol. The molecule has 12 aromatic rings. The summed E-state index contributed by atoms with van der Waals surface area (Å²) >= 11 is 0. The highest BCUT2D eigenvalue weighted by Crippen LogP contribution is 2.43. The van der Waals surface area contributed by atoms with Crippen molar-refractivity contribution in [3.05, 3.63) is 187 Å². The van der Waals surface area contributed by atoms with Crippen molar-refractivity contribution < 1.29 is 41.1 Å². The second-order valence-corrected chi connectivity index (χ2v) is 12.1. The van der Waals surface area contributed by atoms with E-state index in [1.165, 1.54) is 0 Å². The van der Waals surface area contributed by atoms with Gasteiger partial charge in [0.15, 0.2) is 11.6 Å². The average molecular weight is 744 g/mol. The lowest BCUT2D eigenvalue weighted by atomic mass is 9.94. The SMILES string of the molecule is [2H]c1cc([2H])c(-c2nc(-c3c([2H])c([2H])c([2H])c([2H])c3[2H])nc(-n3c4c([2H])c([2H])c([2H])c([2H])c4c4c3c([2H])c([2H])c3c5c([2H])c([2H])c([2H])c([2H])c5n(-c5c([2H])c([2H])c6c7c([2H])c([2H])c([2H])c([2H])c7c7c([2H])c([2H])c([2H])c([2H])c7c6c5[2H])c34)n2)c([2H])c1[2H]. The van der Waals surface area contributed by atoms with E-state index in [4.69, 9.17) is 27.4 Å². The Bertz CT molecular complexity index is 5230. The van der Waals surface area contributed by atoms with Crippen LogP contribution in [0.3, 0.4) is 0 Å². The largest absolute Gasteiger partial charge is 0.309 e. The maximum absolute atomic E-state index is 10.3. The molecule has 12 rings (SSSR count). The van der Waals surface area contributed by atoms with Gasteiger partial charge in [0.1, 0.15) is 0 Å². The molecule has 0 amide bonds. The molecule has 3 aromatic heterocycles. The van der Waals surface area contributed by atoms with Crippen LogP contribution >= 0.6 is 0 Å². The number of aromatic nitrogens is 5. The molecule has 0 unspecified atom stereocenters. The van der Waals surface area contributed by atoms with Crippen LogP contribution < -0.4 is 0 Å². The summed E-state index contributed by atoms with van der Waals surface area (Å²) in [5.74, 6) is -2.49. The van der Waals surface area contributed by atoms with Crippen LogP contribution in [-0.2, 0) is 0 Å². The zero-order valence-electron chi connectivity index (χ0n) is 57.8. The van der Waals surface area contributed by atoms with Crippen LogP contribution in [0, 0.1) is 0 Å². The van der Waals surface area contributed by atoms with Gasteiger partial charge in [-0.05, 0) is 62.5 Å². The standard InChI is InChI=1S/C51H31N5/c1-3-15-32(16-4-1)49-52-50(33-17-5-2-6-18-33)54-51(53-49)56-45-26-14-12-24-42(45)47-46(56)30-29-41-40-23-11-13-25-44(40)55(48(41)47)34-27-28-39-37-21-8-7-19-35(37)36-20-9-10-22-38(36)43(39)31-34/h1-31H/i1D,2D,3D,4D,5D,7D,8D,9D,10D,11D,12D,13D,14D,15D,16D,17D,18D,19D,20D,21D,22D,23D,24D,25D,26D,27D,28D,29D,30D,31D. The van der Waals surface area contributed by atoms with E-state index in [0.29, 0.717) is 0 Å². The van der Waals surface area contributed by atoms with Crippen molar-refractivity contribution in [3.63, 3.8) is 0 Å². The predicted molar refractivity (Wildman–Crippen MR) is 232 cm³/mol. The number of hydrogen-bond acceptors (Lipinski definition) is 3. The molecule has 0 atom stereocenters. The molecule has 0 spiro atoms. The third-order valence-corrected chi connectivity index (χ3v) is 9.21. The third-order valence-electron chi connectivity index (χ3n) is 9.21. The van der Waals surface area contributed by atoms with Crippen LogP contribution in [0.5, 0.6) is 0 Å². The molecule has 0 aliphatic carbocycles. The fourth-order valence-corrected chi connectivity index (χ4v) is 6.95. The summed E-state index contributed by atoms with van der Waals surface area (Å²) < 4.78 is 274. The van der Waals surface area contributed by atoms with Crippen molar-refractivity contribution in [2.45, 2.75) is 0 Å². The van der Waals surface area contributed by atoms with Crippen molar-refractivity contribution in [2.24, 2.45) is 0 Å². The molecule has 260 valence electrons. The van der Waals surface area contributed by atoms with Crippen molar-refractivity contribution in [1.82, 2.24) is 24.1 Å². The van der Waals surface area contributed by atoms with Crippen LogP contribution in [0.4, 0.5) is 0 Å². The van der Waals surface area contributed by atoms with Crippen molar-refractivity contribution in [2.75, 3.05) is 0 Å². The number of fused-ring (bicyclic) bond motifs is 13. The van der Waals surface area contributed by atoms with Gasteiger partial charge in [-0.2, -0.15) is 9.97 Å². The van der Waals surface area contributed by atoms with Gasteiger partial charge in [0.2, 0.25) is 5.95 Å². The van der Waals surface area contributed by atoms with E-state index in [0.717, 1.165) is 15.2 Å². The molecular formula is C51H31N5. The van der Waals surface area contributed by atoms with E-state index in [9.17, 15) is 13.7 Å². The molecule has 0 bridgehead atoms. The Morgan fingerprint density at radius 2 is 0.875 bits per heavy atom. The highest BCUT2D eigenvalue weighted by atomic mass is 15.2. The molecule has 0 radical (unpaired) electrons. The Kier molecular flexibility index (Phi) is 2.90. The Morgan fingerprint density at radius 1 is 0.357 bits per heavy atom. The first kappa shape index (κ1) is 13.6. The second-order valence-electron chi connectivity index (χ2n) is 12.1. The smallest absolute Gasteiger partial charge is 0.238 e. The quantitative estimate of drug-likeness (QED) is 0.169. The minimum Gasteiger partial charge on any atom is -0.309 e. The van der Waals surface area contributed by atoms with Crippen molar-refractivity contribution in [3.8, 4) is 34.4 Å². The molecule has 56 heavy (non-hydrogen) atoms. The van der Waals surface area contributed by atoms with E-state index >= 15 is 0 Å². The molecule has 5 heteroatoms. The average Bonchev–Trinajstić information content (AvgIpc) is 1.40. The van der Waals surface area contributed by atoms with Crippen LogP contribution in [0.15, 0.2) is 187 Å². The molecule has 5 nitrogen and oxygen atoms in total.